The Hall–Kier alpha value is -1.92. The maximum Gasteiger partial charge on any atom is 0.374 e. The molecule has 0 fully saturated rings. The van der Waals surface area contributed by atoms with Crippen molar-refractivity contribution in [2.75, 3.05) is 17.7 Å². The number of ether oxygens (including phenoxy) is 1. The number of carbonyl (C=O) groups excluding carboxylic acids is 2. The van der Waals surface area contributed by atoms with Gasteiger partial charge in [-0.25, -0.2) is 4.79 Å². The van der Waals surface area contributed by atoms with Crippen molar-refractivity contribution in [3.8, 4) is 0 Å². The summed E-state index contributed by atoms with van der Waals surface area (Å²) in [6, 6.07) is 10.2. The topological polar surface area (TPSA) is 68.5 Å². The van der Waals surface area contributed by atoms with E-state index in [-0.39, 0.29) is 17.4 Å². The second-order valence-electron chi connectivity index (χ2n) is 4.53. The molecule has 0 atom stereocenters. The fourth-order valence-corrected chi connectivity index (χ4v) is 2.58. The molecule has 7 heteroatoms. The molecule has 0 aliphatic rings. The molecule has 0 bridgehead atoms. The maximum absolute atomic E-state index is 11.8. The van der Waals surface area contributed by atoms with Gasteiger partial charge in [0.05, 0.1) is 18.1 Å². The fourth-order valence-electron chi connectivity index (χ4n) is 1.74. The van der Waals surface area contributed by atoms with Gasteiger partial charge < -0.3 is 14.5 Å². The zero-order valence-corrected chi connectivity index (χ0v) is 14.1. The third-order valence-corrected chi connectivity index (χ3v) is 3.95. The van der Waals surface area contributed by atoms with E-state index >= 15 is 0 Å². The molecule has 23 heavy (non-hydrogen) atoms. The molecule has 2 aromatic rings. The third-order valence-electron chi connectivity index (χ3n) is 2.74. The van der Waals surface area contributed by atoms with Crippen LogP contribution in [-0.4, -0.2) is 24.2 Å². The summed E-state index contributed by atoms with van der Waals surface area (Å²) in [6.45, 7) is 2.03. The van der Waals surface area contributed by atoms with Gasteiger partial charge in [-0.1, -0.05) is 11.6 Å². The smallest absolute Gasteiger partial charge is 0.374 e. The van der Waals surface area contributed by atoms with E-state index in [0.29, 0.717) is 28.8 Å². The van der Waals surface area contributed by atoms with Crippen LogP contribution in [0.4, 0.5) is 5.69 Å². The Balaban J connectivity index is 1.75. The molecule has 0 radical (unpaired) electrons. The van der Waals surface area contributed by atoms with Gasteiger partial charge in [0.2, 0.25) is 11.7 Å². The lowest BCUT2D eigenvalue weighted by Crippen LogP contribution is -2.13. The van der Waals surface area contributed by atoms with Crippen molar-refractivity contribution in [2.45, 2.75) is 12.7 Å². The van der Waals surface area contributed by atoms with E-state index in [1.165, 1.54) is 11.8 Å². The first-order chi connectivity index (χ1) is 11.1. The van der Waals surface area contributed by atoms with E-state index in [1.54, 1.807) is 43.3 Å². The van der Waals surface area contributed by atoms with E-state index < -0.39 is 5.97 Å². The number of amides is 1. The first-order valence-corrected chi connectivity index (χ1v) is 8.50. The van der Waals surface area contributed by atoms with Gasteiger partial charge in [-0.05, 0) is 43.3 Å². The molecule has 1 N–H and O–H groups in total. The van der Waals surface area contributed by atoms with Crippen LogP contribution in [0.2, 0.25) is 5.02 Å². The van der Waals surface area contributed by atoms with E-state index in [1.807, 2.05) is 0 Å². The van der Waals surface area contributed by atoms with Gasteiger partial charge in [-0.2, -0.15) is 0 Å². The Labute approximate surface area is 143 Å². The molecule has 0 spiro atoms. The molecular formula is C16H16ClNO4S. The van der Waals surface area contributed by atoms with Crippen LogP contribution in [0.1, 0.15) is 23.2 Å². The van der Waals surface area contributed by atoms with Crippen LogP contribution < -0.4 is 5.32 Å². The molecule has 1 heterocycles. The third kappa shape index (κ3) is 5.65. The average molecular weight is 354 g/mol. The molecule has 0 aliphatic heterocycles. The minimum Gasteiger partial charge on any atom is -0.460 e. The molecule has 1 amide bonds. The number of anilines is 1. The summed E-state index contributed by atoms with van der Waals surface area (Å²) in [4.78, 5) is 23.3. The predicted octanol–water partition coefficient (Wildman–Crippen LogP) is 3.98. The maximum atomic E-state index is 11.8. The first-order valence-electron chi connectivity index (χ1n) is 6.97. The minimum absolute atomic E-state index is 0.116. The van der Waals surface area contributed by atoms with Crippen molar-refractivity contribution < 1.29 is 18.7 Å². The lowest BCUT2D eigenvalue weighted by atomic mass is 10.3. The van der Waals surface area contributed by atoms with Crippen LogP contribution in [0, 0.1) is 0 Å². The monoisotopic (exact) mass is 353 g/mol. The Morgan fingerprint density at radius 3 is 2.65 bits per heavy atom. The van der Waals surface area contributed by atoms with Gasteiger partial charge in [-0.3, -0.25) is 4.79 Å². The number of nitrogens with one attached hydrogen (secondary N) is 1. The van der Waals surface area contributed by atoms with Gasteiger partial charge in [0.15, 0.2) is 0 Å². The fraction of sp³-hybridized carbons (Fsp3) is 0.250. The summed E-state index contributed by atoms with van der Waals surface area (Å²) >= 11 is 7.17. The van der Waals surface area contributed by atoms with Gasteiger partial charge in [-0.15, -0.1) is 11.8 Å². The average Bonchev–Trinajstić information content (AvgIpc) is 2.99. The van der Waals surface area contributed by atoms with Gasteiger partial charge in [0, 0.05) is 10.7 Å². The highest BCUT2D eigenvalue weighted by molar-refractivity contribution is 7.99. The molecular weight excluding hydrogens is 338 g/mol. The molecule has 0 saturated carbocycles. The Bertz CT molecular complexity index is 669. The zero-order chi connectivity index (χ0) is 16.7. The molecule has 2 rings (SSSR count). The minimum atomic E-state index is -0.482. The van der Waals surface area contributed by atoms with Crippen molar-refractivity contribution in [2.24, 2.45) is 0 Å². The number of hydrogen-bond donors (Lipinski definition) is 1. The van der Waals surface area contributed by atoms with E-state index in [2.05, 4.69) is 5.32 Å². The second kappa shape index (κ2) is 8.64. The van der Waals surface area contributed by atoms with Crippen molar-refractivity contribution in [3.63, 3.8) is 0 Å². The number of hydrogen-bond acceptors (Lipinski definition) is 5. The van der Waals surface area contributed by atoms with Gasteiger partial charge >= 0.3 is 5.97 Å². The molecule has 0 aliphatic carbocycles. The number of furan rings is 1. The summed E-state index contributed by atoms with van der Waals surface area (Å²) in [5.74, 6) is 0.968. The summed E-state index contributed by atoms with van der Waals surface area (Å²) in [5.41, 5.74) is 0.697. The largest absolute Gasteiger partial charge is 0.460 e. The second-order valence-corrected chi connectivity index (χ2v) is 5.96. The van der Waals surface area contributed by atoms with E-state index in [0.717, 1.165) is 0 Å². The molecule has 1 aromatic carbocycles. The highest BCUT2D eigenvalue weighted by atomic mass is 35.5. The first kappa shape index (κ1) is 17.4. The Morgan fingerprint density at radius 1 is 1.22 bits per heavy atom. The molecule has 5 nitrogen and oxygen atoms in total. The van der Waals surface area contributed by atoms with E-state index in [9.17, 15) is 9.59 Å². The van der Waals surface area contributed by atoms with Crippen LogP contribution in [-0.2, 0) is 15.3 Å². The van der Waals surface area contributed by atoms with Gasteiger partial charge in [0.25, 0.3) is 0 Å². The van der Waals surface area contributed by atoms with Crippen LogP contribution >= 0.6 is 23.4 Å². The summed E-state index contributed by atoms with van der Waals surface area (Å²) in [7, 11) is 0. The van der Waals surface area contributed by atoms with E-state index in [4.69, 9.17) is 20.8 Å². The normalized spacial score (nSPS) is 10.3. The predicted molar refractivity (Wildman–Crippen MR) is 90.9 cm³/mol. The Morgan fingerprint density at radius 2 is 1.96 bits per heavy atom. The van der Waals surface area contributed by atoms with Crippen LogP contribution in [0.15, 0.2) is 40.8 Å². The van der Waals surface area contributed by atoms with Crippen LogP contribution in [0.25, 0.3) is 0 Å². The summed E-state index contributed by atoms with van der Waals surface area (Å²) in [6.07, 6.45) is 0. The summed E-state index contributed by atoms with van der Waals surface area (Å²) in [5, 5.41) is 3.39. The van der Waals surface area contributed by atoms with Crippen molar-refractivity contribution in [1.29, 1.82) is 0 Å². The molecule has 0 saturated heterocycles. The quantitative estimate of drug-likeness (QED) is 0.762. The summed E-state index contributed by atoms with van der Waals surface area (Å²) < 4.78 is 10.2. The van der Waals surface area contributed by atoms with Crippen LogP contribution in [0.3, 0.4) is 0 Å². The van der Waals surface area contributed by atoms with Crippen molar-refractivity contribution in [3.05, 3.63) is 52.9 Å². The highest BCUT2D eigenvalue weighted by Gasteiger charge is 2.12. The lowest BCUT2D eigenvalue weighted by Gasteiger charge is -2.04. The number of benzene rings is 1. The number of thioether (sulfide) groups is 1. The van der Waals surface area contributed by atoms with Gasteiger partial charge in [0.1, 0.15) is 5.76 Å². The highest BCUT2D eigenvalue weighted by Crippen LogP contribution is 2.17. The van der Waals surface area contributed by atoms with Crippen LogP contribution in [0.5, 0.6) is 0 Å². The standard InChI is InChI=1S/C16H16ClNO4S/c1-2-21-16(20)14-8-7-13(22-14)9-23-10-15(19)18-12-5-3-11(17)4-6-12/h3-8H,2,9-10H2,1H3,(H,18,19). The SMILES string of the molecule is CCOC(=O)c1ccc(CSCC(=O)Nc2ccc(Cl)cc2)o1. The van der Waals surface area contributed by atoms with Crippen molar-refractivity contribution >= 4 is 40.9 Å². The zero-order valence-electron chi connectivity index (χ0n) is 12.5. The lowest BCUT2D eigenvalue weighted by molar-refractivity contribution is -0.113. The van der Waals surface area contributed by atoms with Crippen molar-refractivity contribution in [1.82, 2.24) is 0 Å². The number of esters is 1. The number of carbonyl (C=O) groups is 2. The molecule has 1 aromatic heterocycles. The molecule has 0 unspecified atom stereocenters. The Kier molecular flexibility index (Phi) is 6.55. The number of rotatable bonds is 7. The number of halogens is 1. The molecule has 122 valence electrons.